The van der Waals surface area contributed by atoms with Crippen LogP contribution in [0.5, 0.6) is 5.75 Å². The standard InChI is InChI=1S/C15H24O2Si/c1-5-13-18(8-4,16-7-3)17-15-11-9-14(6-2)10-12-15/h6,9-12H,2,5,7-8,13H2,1,3-4H3. The molecular formula is C15H24O2Si. The molecule has 1 aromatic carbocycles. The van der Waals surface area contributed by atoms with E-state index in [-0.39, 0.29) is 0 Å². The molecule has 0 spiro atoms. The van der Waals surface area contributed by atoms with Crippen molar-refractivity contribution in [3.63, 3.8) is 0 Å². The Bertz CT molecular complexity index is 353. The fourth-order valence-corrected chi connectivity index (χ4v) is 4.90. The Kier molecular flexibility index (Phi) is 6.16. The maximum atomic E-state index is 6.21. The van der Waals surface area contributed by atoms with E-state index in [1.165, 1.54) is 0 Å². The van der Waals surface area contributed by atoms with Crippen molar-refractivity contribution >= 4 is 14.6 Å². The lowest BCUT2D eigenvalue weighted by Crippen LogP contribution is -2.44. The highest BCUT2D eigenvalue weighted by Crippen LogP contribution is 2.25. The number of rotatable bonds is 8. The Morgan fingerprint density at radius 2 is 1.83 bits per heavy atom. The molecule has 0 fully saturated rings. The molecule has 0 radical (unpaired) electrons. The van der Waals surface area contributed by atoms with Gasteiger partial charge in [-0.25, -0.2) is 0 Å². The molecule has 0 saturated carbocycles. The Hall–Kier alpha value is -1.06. The topological polar surface area (TPSA) is 18.5 Å². The Morgan fingerprint density at radius 3 is 2.28 bits per heavy atom. The summed E-state index contributed by atoms with van der Waals surface area (Å²) in [6.45, 7) is 10.9. The zero-order valence-electron chi connectivity index (χ0n) is 11.7. The minimum atomic E-state index is -2.06. The van der Waals surface area contributed by atoms with Gasteiger partial charge in [0.15, 0.2) is 0 Å². The summed E-state index contributed by atoms with van der Waals surface area (Å²) in [5.41, 5.74) is 1.11. The van der Waals surface area contributed by atoms with Crippen LogP contribution in [-0.4, -0.2) is 15.2 Å². The highest BCUT2D eigenvalue weighted by Gasteiger charge is 2.36. The quantitative estimate of drug-likeness (QED) is 0.638. The van der Waals surface area contributed by atoms with Gasteiger partial charge in [-0.3, -0.25) is 0 Å². The minimum absolute atomic E-state index is 0.727. The Morgan fingerprint density at radius 1 is 1.17 bits per heavy atom. The van der Waals surface area contributed by atoms with Gasteiger partial charge in [-0.1, -0.05) is 45.1 Å². The Labute approximate surface area is 112 Å². The molecule has 3 heteroatoms. The van der Waals surface area contributed by atoms with Gasteiger partial charge in [0.2, 0.25) is 0 Å². The smallest absolute Gasteiger partial charge is 0.398 e. The van der Waals surface area contributed by atoms with Gasteiger partial charge in [0, 0.05) is 12.7 Å². The fraction of sp³-hybridized carbons (Fsp3) is 0.467. The van der Waals surface area contributed by atoms with E-state index in [0.717, 1.165) is 36.4 Å². The lowest BCUT2D eigenvalue weighted by atomic mass is 10.2. The summed E-state index contributed by atoms with van der Waals surface area (Å²) < 4.78 is 12.2. The SMILES string of the molecule is C=Cc1ccc(O[Si](CC)(CCC)OCC)cc1. The maximum Gasteiger partial charge on any atom is 0.398 e. The molecule has 1 unspecified atom stereocenters. The molecule has 0 saturated heterocycles. The molecule has 100 valence electrons. The summed E-state index contributed by atoms with van der Waals surface area (Å²) >= 11 is 0. The van der Waals surface area contributed by atoms with E-state index in [2.05, 4.69) is 20.4 Å². The first-order valence-corrected chi connectivity index (χ1v) is 8.98. The highest BCUT2D eigenvalue weighted by atomic mass is 28.4. The lowest BCUT2D eigenvalue weighted by molar-refractivity contribution is 0.250. The van der Waals surface area contributed by atoms with Crippen molar-refractivity contribution in [1.29, 1.82) is 0 Å². The van der Waals surface area contributed by atoms with Gasteiger partial charge in [-0.15, -0.1) is 0 Å². The second kappa shape index (κ2) is 7.39. The lowest BCUT2D eigenvalue weighted by Gasteiger charge is -2.29. The van der Waals surface area contributed by atoms with Gasteiger partial charge in [-0.05, 0) is 30.7 Å². The molecule has 18 heavy (non-hydrogen) atoms. The van der Waals surface area contributed by atoms with Crippen LogP contribution in [-0.2, 0) is 4.43 Å². The van der Waals surface area contributed by atoms with Gasteiger partial charge in [-0.2, -0.15) is 0 Å². The van der Waals surface area contributed by atoms with Crippen molar-refractivity contribution in [1.82, 2.24) is 0 Å². The van der Waals surface area contributed by atoms with E-state index in [9.17, 15) is 0 Å². The van der Waals surface area contributed by atoms with Crippen molar-refractivity contribution in [2.24, 2.45) is 0 Å². The van der Waals surface area contributed by atoms with Crippen LogP contribution >= 0.6 is 0 Å². The van der Waals surface area contributed by atoms with Gasteiger partial charge >= 0.3 is 8.56 Å². The molecule has 0 heterocycles. The zero-order valence-corrected chi connectivity index (χ0v) is 12.7. The van der Waals surface area contributed by atoms with E-state index in [1.54, 1.807) is 0 Å². The Balaban J connectivity index is 2.83. The zero-order chi connectivity index (χ0) is 13.4. The van der Waals surface area contributed by atoms with E-state index in [1.807, 2.05) is 37.3 Å². The summed E-state index contributed by atoms with van der Waals surface area (Å²) in [5, 5.41) is 0. The summed E-state index contributed by atoms with van der Waals surface area (Å²) in [6, 6.07) is 10.1. The third kappa shape index (κ3) is 4.00. The van der Waals surface area contributed by atoms with Crippen LogP contribution in [0, 0.1) is 0 Å². The second-order valence-corrected chi connectivity index (χ2v) is 7.84. The van der Waals surface area contributed by atoms with Crippen LogP contribution in [0.4, 0.5) is 0 Å². The first-order valence-electron chi connectivity index (χ1n) is 6.75. The van der Waals surface area contributed by atoms with E-state index < -0.39 is 8.56 Å². The van der Waals surface area contributed by atoms with Crippen LogP contribution in [0.3, 0.4) is 0 Å². The van der Waals surface area contributed by atoms with Gasteiger partial charge in [0.25, 0.3) is 0 Å². The largest absolute Gasteiger partial charge is 0.520 e. The first-order chi connectivity index (χ1) is 8.69. The molecule has 1 rings (SSSR count). The van der Waals surface area contributed by atoms with Crippen LogP contribution in [0.2, 0.25) is 12.1 Å². The van der Waals surface area contributed by atoms with Crippen molar-refractivity contribution in [2.75, 3.05) is 6.61 Å². The van der Waals surface area contributed by atoms with Crippen LogP contribution in [0.1, 0.15) is 32.8 Å². The molecule has 1 aromatic rings. The van der Waals surface area contributed by atoms with Crippen LogP contribution < -0.4 is 4.43 Å². The number of benzene rings is 1. The third-order valence-electron chi connectivity index (χ3n) is 3.00. The molecule has 0 N–H and O–H groups in total. The molecule has 0 aromatic heterocycles. The van der Waals surface area contributed by atoms with Gasteiger partial charge in [0.05, 0.1) is 0 Å². The summed E-state index contributed by atoms with van der Waals surface area (Å²) in [4.78, 5) is 0. The van der Waals surface area contributed by atoms with Crippen molar-refractivity contribution in [2.45, 2.75) is 39.3 Å². The molecule has 1 atom stereocenters. The second-order valence-electron chi connectivity index (χ2n) is 4.32. The van der Waals surface area contributed by atoms with Crippen molar-refractivity contribution in [3.05, 3.63) is 36.4 Å². The third-order valence-corrected chi connectivity index (χ3v) is 6.76. The molecule has 0 aliphatic rings. The van der Waals surface area contributed by atoms with Gasteiger partial charge in [0.1, 0.15) is 5.75 Å². The van der Waals surface area contributed by atoms with Crippen LogP contribution in [0.25, 0.3) is 6.08 Å². The molecule has 0 amide bonds. The van der Waals surface area contributed by atoms with Gasteiger partial charge < -0.3 is 8.85 Å². The monoisotopic (exact) mass is 264 g/mol. The molecule has 0 aliphatic carbocycles. The predicted molar refractivity (Wildman–Crippen MR) is 80.1 cm³/mol. The number of hydrogen-bond donors (Lipinski definition) is 0. The summed E-state index contributed by atoms with van der Waals surface area (Å²) in [5.74, 6) is 0.913. The molecule has 0 aliphatic heterocycles. The molecular weight excluding hydrogens is 240 g/mol. The normalized spacial score (nSPS) is 13.9. The first kappa shape index (κ1) is 15.0. The maximum absolute atomic E-state index is 6.21. The van der Waals surface area contributed by atoms with Crippen LogP contribution in [0.15, 0.2) is 30.8 Å². The fourth-order valence-electron chi connectivity index (χ4n) is 2.03. The van der Waals surface area contributed by atoms with E-state index in [0.29, 0.717) is 0 Å². The highest BCUT2D eigenvalue weighted by molar-refractivity contribution is 6.68. The van der Waals surface area contributed by atoms with Crippen molar-refractivity contribution in [3.8, 4) is 5.75 Å². The minimum Gasteiger partial charge on any atom is -0.520 e. The van der Waals surface area contributed by atoms with E-state index in [4.69, 9.17) is 8.85 Å². The van der Waals surface area contributed by atoms with Crippen molar-refractivity contribution < 1.29 is 8.85 Å². The average molecular weight is 264 g/mol. The summed E-state index contributed by atoms with van der Waals surface area (Å²) in [7, 11) is -2.06. The molecule has 0 bridgehead atoms. The van der Waals surface area contributed by atoms with E-state index >= 15 is 0 Å². The predicted octanol–water partition coefficient (Wildman–Crippen LogP) is 4.62. The average Bonchev–Trinajstić information content (AvgIpc) is 2.40. The molecule has 2 nitrogen and oxygen atoms in total. The number of hydrogen-bond acceptors (Lipinski definition) is 2. The summed E-state index contributed by atoms with van der Waals surface area (Å²) in [6.07, 6.45) is 2.94.